The lowest BCUT2D eigenvalue weighted by atomic mass is 10.2. The molecule has 0 spiro atoms. The van der Waals surface area contributed by atoms with Crippen LogP contribution in [-0.2, 0) is 4.79 Å². The fourth-order valence-electron chi connectivity index (χ4n) is 1.16. The van der Waals surface area contributed by atoms with Crippen molar-refractivity contribution in [2.75, 3.05) is 23.7 Å². The van der Waals surface area contributed by atoms with Gasteiger partial charge in [-0.2, -0.15) is 0 Å². The molecule has 0 fully saturated rings. The van der Waals surface area contributed by atoms with Crippen molar-refractivity contribution in [3.05, 3.63) is 0 Å². The topological polar surface area (TPSA) is 49.3 Å². The zero-order valence-corrected chi connectivity index (χ0v) is 12.0. The molecule has 0 bridgehead atoms. The van der Waals surface area contributed by atoms with E-state index in [0.29, 0.717) is 12.3 Å². The van der Waals surface area contributed by atoms with Gasteiger partial charge in [-0.25, -0.2) is 0 Å². The number of rotatable bonds is 10. The van der Waals surface area contributed by atoms with Gasteiger partial charge >= 0.3 is 5.97 Å². The number of nitrogens with one attached hydrogen (secondary N) is 1. The second-order valence-corrected chi connectivity index (χ2v) is 4.88. The molecule has 3 nitrogen and oxygen atoms in total. The van der Waals surface area contributed by atoms with Crippen molar-refractivity contribution in [1.29, 1.82) is 0 Å². The minimum absolute atomic E-state index is 0.297. The molecule has 0 aromatic rings. The maximum Gasteiger partial charge on any atom is 0.303 e. The summed E-state index contributed by atoms with van der Waals surface area (Å²) in [6.45, 7) is 1.99. The van der Waals surface area contributed by atoms with Gasteiger partial charge in [-0.05, 0) is 31.8 Å². The highest BCUT2D eigenvalue weighted by atomic mass is 79.9. The second kappa shape index (κ2) is 10.9. The van der Waals surface area contributed by atoms with Gasteiger partial charge in [0.15, 0.2) is 0 Å². The van der Waals surface area contributed by atoms with Gasteiger partial charge in [0, 0.05) is 17.1 Å². The SMILES string of the molecule is O=C(O)CCCCCNCC(CBr)CBr. The number of alkyl halides is 2. The summed E-state index contributed by atoms with van der Waals surface area (Å²) in [7, 11) is 0. The van der Waals surface area contributed by atoms with Crippen molar-refractivity contribution >= 4 is 37.8 Å². The zero-order chi connectivity index (χ0) is 11.5. The smallest absolute Gasteiger partial charge is 0.303 e. The Bertz CT molecular complexity index is 164. The number of hydrogen-bond donors (Lipinski definition) is 2. The molecule has 0 heterocycles. The minimum Gasteiger partial charge on any atom is -0.481 e. The van der Waals surface area contributed by atoms with E-state index in [0.717, 1.165) is 43.0 Å². The Morgan fingerprint density at radius 3 is 2.40 bits per heavy atom. The molecular weight excluding hydrogens is 326 g/mol. The van der Waals surface area contributed by atoms with Gasteiger partial charge in [0.05, 0.1) is 0 Å². The number of aliphatic carboxylic acids is 1. The monoisotopic (exact) mass is 343 g/mol. The van der Waals surface area contributed by atoms with Crippen LogP contribution < -0.4 is 5.32 Å². The summed E-state index contributed by atoms with van der Waals surface area (Å²) in [6, 6.07) is 0. The van der Waals surface area contributed by atoms with Gasteiger partial charge in [0.1, 0.15) is 0 Å². The van der Waals surface area contributed by atoms with Crippen molar-refractivity contribution < 1.29 is 9.90 Å². The van der Waals surface area contributed by atoms with Crippen molar-refractivity contribution in [3.8, 4) is 0 Å². The molecule has 2 N–H and O–H groups in total. The predicted octanol–water partition coefficient (Wildman–Crippen LogP) is 2.63. The highest BCUT2D eigenvalue weighted by molar-refractivity contribution is 9.09. The second-order valence-electron chi connectivity index (χ2n) is 3.58. The van der Waals surface area contributed by atoms with Crippen LogP contribution in [0.1, 0.15) is 25.7 Å². The standard InChI is InChI=1S/C10H19Br2NO2/c11-6-9(7-12)8-13-5-3-1-2-4-10(14)15/h9,13H,1-8H2,(H,14,15). The van der Waals surface area contributed by atoms with Crippen molar-refractivity contribution in [2.45, 2.75) is 25.7 Å². The van der Waals surface area contributed by atoms with E-state index in [9.17, 15) is 4.79 Å². The van der Waals surface area contributed by atoms with Crippen LogP contribution in [0.15, 0.2) is 0 Å². The van der Waals surface area contributed by atoms with E-state index in [4.69, 9.17) is 5.11 Å². The molecule has 5 heteroatoms. The molecule has 0 saturated heterocycles. The van der Waals surface area contributed by atoms with Crippen molar-refractivity contribution in [2.24, 2.45) is 5.92 Å². The first kappa shape index (κ1) is 15.4. The van der Waals surface area contributed by atoms with Gasteiger partial charge in [-0.15, -0.1) is 0 Å². The molecule has 15 heavy (non-hydrogen) atoms. The van der Waals surface area contributed by atoms with Crippen LogP contribution in [0.5, 0.6) is 0 Å². The number of unbranched alkanes of at least 4 members (excludes halogenated alkanes) is 2. The average molecular weight is 345 g/mol. The summed E-state index contributed by atoms with van der Waals surface area (Å²) < 4.78 is 0. The molecule has 90 valence electrons. The van der Waals surface area contributed by atoms with Crippen molar-refractivity contribution in [3.63, 3.8) is 0 Å². The summed E-state index contributed by atoms with van der Waals surface area (Å²) in [5.41, 5.74) is 0. The maximum absolute atomic E-state index is 10.2. The largest absolute Gasteiger partial charge is 0.481 e. The zero-order valence-electron chi connectivity index (χ0n) is 8.85. The fraction of sp³-hybridized carbons (Fsp3) is 0.900. The highest BCUT2D eigenvalue weighted by Gasteiger charge is 2.03. The molecule has 0 aromatic carbocycles. The molecular formula is C10H19Br2NO2. The Balaban J connectivity index is 3.14. The molecule has 0 aliphatic rings. The molecule has 0 aliphatic carbocycles. The molecule has 0 amide bonds. The summed E-state index contributed by atoms with van der Waals surface area (Å²) in [5, 5.41) is 13.8. The van der Waals surface area contributed by atoms with Crippen LogP contribution in [0.4, 0.5) is 0 Å². The number of carboxylic acid groups (broad SMARTS) is 1. The molecule has 0 atom stereocenters. The van der Waals surface area contributed by atoms with Crippen LogP contribution in [-0.4, -0.2) is 34.8 Å². The molecule has 0 unspecified atom stereocenters. The van der Waals surface area contributed by atoms with E-state index in [1.165, 1.54) is 0 Å². The Morgan fingerprint density at radius 2 is 1.87 bits per heavy atom. The lowest BCUT2D eigenvalue weighted by Gasteiger charge is -2.11. The first-order valence-corrected chi connectivity index (χ1v) is 7.49. The number of hydrogen-bond acceptors (Lipinski definition) is 2. The Morgan fingerprint density at radius 1 is 1.20 bits per heavy atom. The Hall–Kier alpha value is 0.390. The summed E-state index contributed by atoms with van der Waals surface area (Å²) in [5.74, 6) is -0.0642. The fourth-order valence-corrected chi connectivity index (χ4v) is 2.69. The van der Waals surface area contributed by atoms with Gasteiger partial charge in [-0.1, -0.05) is 38.3 Å². The quantitative estimate of drug-likeness (QED) is 0.473. The number of halogens is 2. The normalized spacial score (nSPS) is 10.9. The van der Waals surface area contributed by atoms with Gasteiger partial charge in [-0.3, -0.25) is 4.79 Å². The minimum atomic E-state index is -0.693. The number of carbonyl (C=O) groups is 1. The summed E-state index contributed by atoms with van der Waals surface area (Å²) in [4.78, 5) is 10.2. The molecule has 0 saturated carbocycles. The van der Waals surface area contributed by atoms with E-state index in [1.807, 2.05) is 0 Å². The Labute approximate surface area is 108 Å². The van der Waals surface area contributed by atoms with E-state index >= 15 is 0 Å². The highest BCUT2D eigenvalue weighted by Crippen LogP contribution is 2.04. The van der Waals surface area contributed by atoms with Crippen LogP contribution in [0, 0.1) is 5.92 Å². The van der Waals surface area contributed by atoms with Gasteiger partial charge in [0.2, 0.25) is 0 Å². The number of carboxylic acids is 1. The summed E-state index contributed by atoms with van der Waals surface area (Å²) in [6.07, 6.45) is 3.14. The molecule has 0 aliphatic heterocycles. The van der Waals surface area contributed by atoms with E-state index in [2.05, 4.69) is 37.2 Å². The lowest BCUT2D eigenvalue weighted by Crippen LogP contribution is -2.25. The van der Waals surface area contributed by atoms with Crippen LogP contribution >= 0.6 is 31.9 Å². The summed E-state index contributed by atoms with van der Waals surface area (Å²) >= 11 is 6.90. The van der Waals surface area contributed by atoms with Crippen molar-refractivity contribution in [1.82, 2.24) is 5.32 Å². The first-order valence-electron chi connectivity index (χ1n) is 5.25. The van der Waals surface area contributed by atoms with E-state index in [1.54, 1.807) is 0 Å². The van der Waals surface area contributed by atoms with Crippen LogP contribution in [0.2, 0.25) is 0 Å². The first-order chi connectivity index (χ1) is 7.20. The third kappa shape index (κ3) is 10.7. The average Bonchev–Trinajstić information content (AvgIpc) is 2.22. The Kier molecular flexibility index (Phi) is 11.2. The van der Waals surface area contributed by atoms with Gasteiger partial charge < -0.3 is 10.4 Å². The maximum atomic E-state index is 10.2. The molecule has 0 radical (unpaired) electrons. The predicted molar refractivity (Wildman–Crippen MR) is 70.1 cm³/mol. The van der Waals surface area contributed by atoms with E-state index in [-0.39, 0.29) is 0 Å². The lowest BCUT2D eigenvalue weighted by molar-refractivity contribution is -0.137. The van der Waals surface area contributed by atoms with Gasteiger partial charge in [0.25, 0.3) is 0 Å². The third-order valence-electron chi connectivity index (χ3n) is 2.11. The van der Waals surface area contributed by atoms with Crippen LogP contribution in [0.3, 0.4) is 0 Å². The molecule has 0 rings (SSSR count). The van der Waals surface area contributed by atoms with Crippen LogP contribution in [0.25, 0.3) is 0 Å². The van der Waals surface area contributed by atoms with E-state index < -0.39 is 5.97 Å². The third-order valence-corrected chi connectivity index (χ3v) is 3.94. The molecule has 0 aromatic heterocycles.